The zero-order chi connectivity index (χ0) is 19.1. The Morgan fingerprint density at radius 2 is 1.81 bits per heavy atom. The molecule has 0 radical (unpaired) electrons. The molecule has 2 aromatic rings. The number of amides is 1. The fourth-order valence-corrected chi connectivity index (χ4v) is 2.97. The summed E-state index contributed by atoms with van der Waals surface area (Å²) < 4.78 is 10.8. The van der Waals surface area contributed by atoms with Gasteiger partial charge in [0.1, 0.15) is 0 Å². The standard InChI is InChI=1S/C21H20ClNO4/c22-18-8-4-5-16(15-18)9-10-19(24)27-20(17-6-2-1-3-7-17)21(25)23-11-13-26-14-12-23/h1-10,15,20H,11-14H2/b10-9+/t20-/m1/s1. The number of esters is 1. The van der Waals surface area contributed by atoms with Crippen LogP contribution < -0.4 is 0 Å². The summed E-state index contributed by atoms with van der Waals surface area (Å²) in [6, 6.07) is 16.1. The van der Waals surface area contributed by atoms with Crippen LogP contribution in [0.2, 0.25) is 5.02 Å². The van der Waals surface area contributed by atoms with Crippen LogP contribution in [0.4, 0.5) is 0 Å². The minimum Gasteiger partial charge on any atom is -0.444 e. The van der Waals surface area contributed by atoms with Crippen molar-refractivity contribution in [2.24, 2.45) is 0 Å². The van der Waals surface area contributed by atoms with Gasteiger partial charge < -0.3 is 14.4 Å². The second kappa shape index (κ2) is 9.35. The van der Waals surface area contributed by atoms with Gasteiger partial charge in [0.25, 0.3) is 5.91 Å². The van der Waals surface area contributed by atoms with Gasteiger partial charge in [0.15, 0.2) is 0 Å². The number of carbonyl (C=O) groups is 2. The zero-order valence-corrected chi connectivity index (χ0v) is 15.5. The summed E-state index contributed by atoms with van der Waals surface area (Å²) in [7, 11) is 0. The van der Waals surface area contributed by atoms with E-state index in [1.165, 1.54) is 6.08 Å². The molecule has 3 rings (SSSR count). The highest BCUT2D eigenvalue weighted by Crippen LogP contribution is 2.21. The molecule has 0 aromatic heterocycles. The van der Waals surface area contributed by atoms with Crippen LogP contribution in [0.5, 0.6) is 0 Å². The Bertz CT molecular complexity index is 816. The van der Waals surface area contributed by atoms with E-state index < -0.39 is 12.1 Å². The Morgan fingerprint density at radius 1 is 1.07 bits per heavy atom. The van der Waals surface area contributed by atoms with Crippen molar-refractivity contribution < 1.29 is 19.1 Å². The molecule has 27 heavy (non-hydrogen) atoms. The molecule has 2 aromatic carbocycles. The van der Waals surface area contributed by atoms with Gasteiger partial charge in [-0.2, -0.15) is 0 Å². The van der Waals surface area contributed by atoms with Crippen molar-refractivity contribution in [3.63, 3.8) is 0 Å². The Morgan fingerprint density at radius 3 is 2.52 bits per heavy atom. The lowest BCUT2D eigenvalue weighted by Gasteiger charge is -2.30. The molecule has 1 heterocycles. The number of rotatable bonds is 5. The number of ether oxygens (including phenoxy) is 2. The van der Waals surface area contributed by atoms with E-state index >= 15 is 0 Å². The predicted molar refractivity (Wildman–Crippen MR) is 103 cm³/mol. The smallest absolute Gasteiger partial charge is 0.331 e. The van der Waals surface area contributed by atoms with Gasteiger partial charge in [-0.25, -0.2) is 4.79 Å². The van der Waals surface area contributed by atoms with Crippen LogP contribution in [-0.2, 0) is 19.1 Å². The highest BCUT2D eigenvalue weighted by Gasteiger charge is 2.29. The highest BCUT2D eigenvalue weighted by atomic mass is 35.5. The third kappa shape index (κ3) is 5.42. The van der Waals surface area contributed by atoms with Crippen LogP contribution in [0.3, 0.4) is 0 Å². The second-order valence-corrected chi connectivity index (χ2v) is 6.49. The third-order valence-electron chi connectivity index (χ3n) is 4.14. The largest absolute Gasteiger partial charge is 0.444 e. The van der Waals surface area contributed by atoms with Gasteiger partial charge in [-0.3, -0.25) is 4.79 Å². The molecule has 0 N–H and O–H groups in total. The van der Waals surface area contributed by atoms with Gasteiger partial charge in [-0.05, 0) is 23.8 Å². The molecule has 0 spiro atoms. The molecular formula is C21H20ClNO4. The van der Waals surface area contributed by atoms with Gasteiger partial charge in [0.2, 0.25) is 6.10 Å². The Hall–Kier alpha value is -2.63. The van der Waals surface area contributed by atoms with Crippen molar-refractivity contribution in [1.82, 2.24) is 4.90 Å². The molecule has 1 amide bonds. The normalized spacial score (nSPS) is 15.5. The molecule has 140 valence electrons. The number of benzene rings is 2. The number of halogens is 1. The van der Waals surface area contributed by atoms with E-state index in [0.717, 1.165) is 5.56 Å². The molecule has 0 unspecified atom stereocenters. The minimum absolute atomic E-state index is 0.242. The maximum Gasteiger partial charge on any atom is 0.331 e. The van der Waals surface area contributed by atoms with Crippen molar-refractivity contribution >= 4 is 29.6 Å². The fraction of sp³-hybridized carbons (Fsp3) is 0.238. The lowest BCUT2D eigenvalue weighted by Crippen LogP contribution is -2.44. The average molecular weight is 386 g/mol. The Kier molecular flexibility index (Phi) is 6.63. The van der Waals surface area contributed by atoms with Crippen LogP contribution in [-0.4, -0.2) is 43.1 Å². The van der Waals surface area contributed by atoms with Crippen molar-refractivity contribution in [2.75, 3.05) is 26.3 Å². The summed E-state index contributed by atoms with van der Waals surface area (Å²) in [6.07, 6.45) is 1.92. The van der Waals surface area contributed by atoms with E-state index in [1.807, 2.05) is 24.3 Å². The first-order chi connectivity index (χ1) is 13.1. The molecule has 0 aliphatic carbocycles. The van der Waals surface area contributed by atoms with E-state index in [2.05, 4.69) is 0 Å². The summed E-state index contributed by atoms with van der Waals surface area (Å²) in [4.78, 5) is 26.9. The van der Waals surface area contributed by atoms with Crippen LogP contribution in [0, 0.1) is 0 Å². The zero-order valence-electron chi connectivity index (χ0n) is 14.7. The van der Waals surface area contributed by atoms with Crippen LogP contribution in [0.25, 0.3) is 6.08 Å². The van der Waals surface area contributed by atoms with Gasteiger partial charge in [-0.1, -0.05) is 54.1 Å². The van der Waals surface area contributed by atoms with Crippen LogP contribution in [0.1, 0.15) is 17.2 Å². The minimum atomic E-state index is -0.985. The van der Waals surface area contributed by atoms with Crippen LogP contribution in [0.15, 0.2) is 60.7 Å². The Labute approximate surface area is 163 Å². The average Bonchev–Trinajstić information content (AvgIpc) is 2.71. The molecule has 0 saturated carbocycles. The predicted octanol–water partition coefficient (Wildman–Crippen LogP) is 3.50. The van der Waals surface area contributed by atoms with E-state index in [-0.39, 0.29) is 5.91 Å². The number of carbonyl (C=O) groups excluding carboxylic acids is 2. The molecule has 1 fully saturated rings. The molecule has 1 saturated heterocycles. The van der Waals surface area contributed by atoms with E-state index in [9.17, 15) is 9.59 Å². The van der Waals surface area contributed by atoms with Gasteiger partial charge >= 0.3 is 5.97 Å². The number of hydrogen-bond acceptors (Lipinski definition) is 4. The quantitative estimate of drug-likeness (QED) is 0.584. The second-order valence-electron chi connectivity index (χ2n) is 6.05. The Balaban J connectivity index is 1.74. The van der Waals surface area contributed by atoms with E-state index in [4.69, 9.17) is 21.1 Å². The first-order valence-electron chi connectivity index (χ1n) is 8.69. The third-order valence-corrected chi connectivity index (χ3v) is 4.38. The number of morpholine rings is 1. The van der Waals surface area contributed by atoms with Gasteiger partial charge in [0, 0.05) is 29.8 Å². The first-order valence-corrected chi connectivity index (χ1v) is 9.07. The summed E-state index contributed by atoms with van der Waals surface area (Å²) in [5, 5.41) is 0.579. The number of hydrogen-bond donors (Lipinski definition) is 0. The summed E-state index contributed by atoms with van der Waals surface area (Å²) in [6.45, 7) is 1.93. The summed E-state index contributed by atoms with van der Waals surface area (Å²) in [5.41, 5.74) is 1.41. The monoisotopic (exact) mass is 385 g/mol. The molecule has 5 nitrogen and oxygen atoms in total. The van der Waals surface area contributed by atoms with Crippen LogP contribution >= 0.6 is 11.6 Å². The van der Waals surface area contributed by atoms with E-state index in [1.54, 1.807) is 41.3 Å². The van der Waals surface area contributed by atoms with Gasteiger partial charge in [0.05, 0.1) is 13.2 Å². The molecule has 1 aliphatic rings. The molecule has 1 atom stereocenters. The SMILES string of the molecule is O=C(/C=C/c1cccc(Cl)c1)O[C@@H](C(=O)N1CCOCC1)c1ccccc1. The highest BCUT2D eigenvalue weighted by molar-refractivity contribution is 6.30. The van der Waals surface area contributed by atoms with Crippen molar-refractivity contribution in [3.8, 4) is 0 Å². The van der Waals surface area contributed by atoms with Gasteiger partial charge in [-0.15, -0.1) is 0 Å². The lowest BCUT2D eigenvalue weighted by atomic mass is 10.1. The van der Waals surface area contributed by atoms with E-state index in [0.29, 0.717) is 36.9 Å². The lowest BCUT2D eigenvalue weighted by molar-refractivity contribution is -0.159. The van der Waals surface area contributed by atoms with Crippen molar-refractivity contribution in [3.05, 3.63) is 76.8 Å². The molecular weight excluding hydrogens is 366 g/mol. The molecule has 1 aliphatic heterocycles. The topological polar surface area (TPSA) is 55.8 Å². The van der Waals surface area contributed by atoms with Crippen molar-refractivity contribution in [1.29, 1.82) is 0 Å². The number of nitrogens with zero attached hydrogens (tertiary/aromatic N) is 1. The maximum absolute atomic E-state index is 12.9. The summed E-state index contributed by atoms with van der Waals surface area (Å²) in [5.74, 6) is -0.834. The fourth-order valence-electron chi connectivity index (χ4n) is 2.77. The maximum atomic E-state index is 12.9. The van der Waals surface area contributed by atoms with Crippen molar-refractivity contribution in [2.45, 2.75) is 6.10 Å². The first kappa shape index (κ1) is 19.1. The summed E-state index contributed by atoms with van der Waals surface area (Å²) >= 11 is 5.94. The molecule has 6 heteroatoms. The molecule has 0 bridgehead atoms.